The highest BCUT2D eigenvalue weighted by atomic mass is 28.4. The van der Waals surface area contributed by atoms with Crippen LogP contribution in [0.15, 0.2) is 0 Å². The van der Waals surface area contributed by atoms with Crippen molar-refractivity contribution in [1.82, 2.24) is 0 Å². The predicted molar refractivity (Wildman–Crippen MR) is 49.4 cm³/mol. The molecule has 0 aromatic heterocycles. The minimum absolute atomic E-state index is 0.0278. The van der Waals surface area contributed by atoms with E-state index >= 15 is 0 Å². The number of hydrogen-bond acceptors (Lipinski definition) is 4. The molecule has 0 aromatic rings. The van der Waals surface area contributed by atoms with Crippen LogP contribution >= 0.6 is 0 Å². The topological polar surface area (TPSA) is 69.9 Å². The lowest BCUT2D eigenvalue weighted by Crippen LogP contribution is -2.47. The molecule has 0 amide bonds. The van der Waals surface area contributed by atoms with Crippen LogP contribution in [0.3, 0.4) is 0 Å². The van der Waals surface area contributed by atoms with Gasteiger partial charge in [-0.2, -0.15) is 0 Å². The first kappa shape index (κ1) is 12.3. The van der Waals surface area contributed by atoms with E-state index in [-0.39, 0.29) is 11.1 Å². The molecule has 3 N–H and O–H groups in total. The van der Waals surface area contributed by atoms with E-state index in [0.29, 0.717) is 0 Å². The molecule has 0 spiro atoms. The maximum absolute atomic E-state index is 9.35. The molecule has 6 heteroatoms. The van der Waals surface area contributed by atoms with Crippen LogP contribution < -0.4 is 0 Å². The average Bonchev–Trinajstić information content (AvgIpc) is 1.85. The molecule has 0 aliphatic heterocycles. The Hall–Kier alpha value is 0.274. The SMILES string of the molecule is CC(C)[Si](O)O[Si](O)(O)C(C)C. The zero-order chi connectivity index (χ0) is 9.94. The van der Waals surface area contributed by atoms with Crippen molar-refractivity contribution < 1.29 is 18.5 Å². The Morgan fingerprint density at radius 2 is 1.58 bits per heavy atom. The summed E-state index contributed by atoms with van der Waals surface area (Å²) in [5, 5.41) is 0. The zero-order valence-electron chi connectivity index (χ0n) is 7.90. The van der Waals surface area contributed by atoms with Crippen molar-refractivity contribution >= 4 is 18.1 Å². The van der Waals surface area contributed by atoms with Crippen LogP contribution in [0.2, 0.25) is 11.1 Å². The fraction of sp³-hybridized carbons (Fsp3) is 1.00. The van der Waals surface area contributed by atoms with E-state index in [0.717, 1.165) is 0 Å². The van der Waals surface area contributed by atoms with Crippen LogP contribution in [0.25, 0.3) is 0 Å². The molecule has 0 saturated carbocycles. The lowest BCUT2D eigenvalue weighted by atomic mass is 10.6. The van der Waals surface area contributed by atoms with Gasteiger partial charge in [0.1, 0.15) is 0 Å². The molecule has 0 rings (SSSR count). The van der Waals surface area contributed by atoms with E-state index in [1.807, 2.05) is 0 Å². The van der Waals surface area contributed by atoms with Crippen molar-refractivity contribution in [1.29, 1.82) is 0 Å². The molecule has 1 radical (unpaired) electrons. The van der Waals surface area contributed by atoms with Gasteiger partial charge in [-0.05, 0) is 5.54 Å². The van der Waals surface area contributed by atoms with Gasteiger partial charge in [-0.25, -0.2) is 0 Å². The van der Waals surface area contributed by atoms with Crippen molar-refractivity contribution in [2.75, 3.05) is 0 Å². The lowest BCUT2D eigenvalue weighted by molar-refractivity contribution is 0.204. The van der Waals surface area contributed by atoms with E-state index in [2.05, 4.69) is 0 Å². The van der Waals surface area contributed by atoms with Crippen LogP contribution in [0.4, 0.5) is 0 Å². The van der Waals surface area contributed by atoms with Crippen LogP contribution in [0.1, 0.15) is 27.7 Å². The molecule has 0 aliphatic rings. The second kappa shape index (κ2) is 4.49. The molecule has 0 aliphatic carbocycles. The smallest absolute Gasteiger partial charge is 0.410 e. The Bertz CT molecular complexity index is 138. The maximum Gasteiger partial charge on any atom is 0.489 e. The van der Waals surface area contributed by atoms with Crippen molar-refractivity contribution in [3.8, 4) is 0 Å². The van der Waals surface area contributed by atoms with Gasteiger partial charge in [0.25, 0.3) is 0 Å². The van der Waals surface area contributed by atoms with Gasteiger partial charge < -0.3 is 18.5 Å². The average molecular weight is 209 g/mol. The zero-order valence-corrected chi connectivity index (χ0v) is 9.90. The summed E-state index contributed by atoms with van der Waals surface area (Å²) in [6.07, 6.45) is 0. The molecular weight excluding hydrogens is 192 g/mol. The molecule has 0 heterocycles. The molecule has 0 unspecified atom stereocenters. The van der Waals surface area contributed by atoms with Gasteiger partial charge in [0.05, 0.1) is 0 Å². The Kier molecular flexibility index (Phi) is 4.60. The molecule has 0 aromatic carbocycles. The first-order valence-corrected chi connectivity index (χ1v) is 7.28. The molecule has 0 fully saturated rings. The summed E-state index contributed by atoms with van der Waals surface area (Å²) in [6, 6.07) is 0. The largest absolute Gasteiger partial charge is 0.489 e. The molecule has 4 nitrogen and oxygen atoms in total. The fourth-order valence-electron chi connectivity index (χ4n) is 0.390. The Labute approximate surface area is 76.0 Å². The molecule has 0 bridgehead atoms. The number of hydrogen-bond donors (Lipinski definition) is 3. The van der Waals surface area contributed by atoms with Crippen molar-refractivity contribution in [2.45, 2.75) is 38.8 Å². The van der Waals surface area contributed by atoms with Gasteiger partial charge in [0.2, 0.25) is 0 Å². The van der Waals surface area contributed by atoms with Crippen LogP contribution in [-0.2, 0) is 4.12 Å². The molecule has 0 saturated heterocycles. The van der Waals surface area contributed by atoms with Crippen molar-refractivity contribution in [3.05, 3.63) is 0 Å². The summed E-state index contributed by atoms with van der Waals surface area (Å²) >= 11 is 0. The minimum atomic E-state index is -3.61. The van der Waals surface area contributed by atoms with Gasteiger partial charge in [-0.1, -0.05) is 27.7 Å². The van der Waals surface area contributed by atoms with Gasteiger partial charge in [-0.15, -0.1) is 0 Å². The highest BCUT2D eigenvalue weighted by Gasteiger charge is 2.40. The summed E-state index contributed by atoms with van der Waals surface area (Å²) in [6.45, 7) is 6.92. The van der Waals surface area contributed by atoms with E-state index in [1.54, 1.807) is 27.7 Å². The second-order valence-corrected chi connectivity index (χ2v) is 8.53. The normalized spacial score (nSPS) is 13.5. The number of rotatable bonds is 4. The first-order chi connectivity index (χ1) is 5.27. The van der Waals surface area contributed by atoms with Crippen molar-refractivity contribution in [3.63, 3.8) is 0 Å². The molecule has 0 atom stereocenters. The summed E-state index contributed by atoms with van der Waals surface area (Å²) < 4.78 is 4.87. The van der Waals surface area contributed by atoms with E-state index in [9.17, 15) is 14.4 Å². The van der Waals surface area contributed by atoms with E-state index in [1.165, 1.54) is 0 Å². The monoisotopic (exact) mass is 209 g/mol. The lowest BCUT2D eigenvalue weighted by Gasteiger charge is -2.24. The third-order valence-electron chi connectivity index (χ3n) is 1.50. The quantitative estimate of drug-likeness (QED) is 0.580. The van der Waals surface area contributed by atoms with Gasteiger partial charge >= 0.3 is 18.1 Å². The Morgan fingerprint density at radius 1 is 1.17 bits per heavy atom. The first-order valence-electron chi connectivity index (χ1n) is 3.97. The highest BCUT2D eigenvalue weighted by molar-refractivity contribution is 6.68. The van der Waals surface area contributed by atoms with Crippen LogP contribution in [0, 0.1) is 0 Å². The standard InChI is InChI=1S/C6H17O4Si2/c1-5(2)11(7)10-12(8,9)6(3)4/h5-9H,1-4H3. The van der Waals surface area contributed by atoms with Crippen molar-refractivity contribution in [2.24, 2.45) is 0 Å². The second-order valence-electron chi connectivity index (χ2n) is 3.41. The summed E-state index contributed by atoms with van der Waals surface area (Å²) in [4.78, 5) is 28.0. The Morgan fingerprint density at radius 3 is 1.83 bits per heavy atom. The van der Waals surface area contributed by atoms with Crippen LogP contribution in [-0.4, -0.2) is 32.5 Å². The van der Waals surface area contributed by atoms with E-state index < -0.39 is 18.1 Å². The summed E-state index contributed by atoms with van der Waals surface area (Å²) in [5.41, 5.74) is -0.344. The minimum Gasteiger partial charge on any atom is -0.410 e. The van der Waals surface area contributed by atoms with Gasteiger partial charge in [-0.3, -0.25) is 0 Å². The third kappa shape index (κ3) is 3.79. The summed E-state index contributed by atoms with van der Waals surface area (Å²) in [7, 11) is -5.66. The predicted octanol–water partition coefficient (Wildman–Crippen LogP) is 0.227. The molecule has 12 heavy (non-hydrogen) atoms. The Balaban J connectivity index is 4.05. The third-order valence-corrected chi connectivity index (χ3v) is 6.03. The molecular formula is C6H17O4Si2. The summed E-state index contributed by atoms with van der Waals surface area (Å²) in [5.74, 6) is 0. The highest BCUT2D eigenvalue weighted by Crippen LogP contribution is 2.19. The van der Waals surface area contributed by atoms with Gasteiger partial charge in [0, 0.05) is 5.54 Å². The molecule has 73 valence electrons. The van der Waals surface area contributed by atoms with E-state index in [4.69, 9.17) is 4.12 Å². The van der Waals surface area contributed by atoms with Crippen LogP contribution in [0.5, 0.6) is 0 Å². The maximum atomic E-state index is 9.35. The van der Waals surface area contributed by atoms with Gasteiger partial charge in [0.15, 0.2) is 0 Å². The fourth-order valence-corrected chi connectivity index (χ4v) is 3.51.